The number of nitriles is 1. The fourth-order valence-electron chi connectivity index (χ4n) is 2.34. The van der Waals surface area contributed by atoms with Crippen molar-refractivity contribution < 1.29 is 18.3 Å². The average molecular weight is 338 g/mol. The summed E-state index contributed by atoms with van der Waals surface area (Å²) < 4.78 is 41.1. The fraction of sp³-hybridized carbons (Fsp3) is 0.375. The monoisotopic (exact) mass is 338 g/mol. The number of alkyl halides is 3. The molecule has 2 N–H and O–H groups in total. The van der Waals surface area contributed by atoms with Gasteiger partial charge in [-0.15, -0.1) is 0 Å². The molecule has 0 spiro atoms. The molecule has 0 radical (unpaired) electrons. The van der Waals surface area contributed by atoms with E-state index < -0.39 is 24.0 Å². The lowest BCUT2D eigenvalue weighted by molar-refractivity contribution is -0.272. The second-order valence-electron chi connectivity index (χ2n) is 5.46. The lowest BCUT2D eigenvalue weighted by Crippen LogP contribution is -2.46. The number of imidazole rings is 1. The van der Waals surface area contributed by atoms with Crippen molar-refractivity contribution in [3.05, 3.63) is 53.6 Å². The molecule has 0 aliphatic rings. The molecule has 128 valence electrons. The molecular weight excluding hydrogens is 321 g/mol. The van der Waals surface area contributed by atoms with Crippen LogP contribution >= 0.6 is 0 Å². The van der Waals surface area contributed by atoms with Crippen molar-refractivity contribution in [3.63, 3.8) is 0 Å². The summed E-state index contributed by atoms with van der Waals surface area (Å²) in [5, 5.41) is 21.8. The Morgan fingerprint density at radius 1 is 1.29 bits per heavy atom. The number of hydrogen-bond acceptors (Lipinski definition) is 4. The van der Waals surface area contributed by atoms with E-state index in [2.05, 4.69) is 10.3 Å². The zero-order valence-electron chi connectivity index (χ0n) is 13.0. The predicted octanol–water partition coefficient (Wildman–Crippen LogP) is 2.22. The molecule has 24 heavy (non-hydrogen) atoms. The van der Waals surface area contributed by atoms with E-state index in [9.17, 15) is 18.3 Å². The van der Waals surface area contributed by atoms with Gasteiger partial charge in [0.1, 0.15) is 5.82 Å². The minimum absolute atomic E-state index is 0.0527. The SMILES string of the molecule is Cn1ccnc1C(O)(CCNCc1ccc(C#N)cc1)C(F)(F)F. The first-order valence-electron chi connectivity index (χ1n) is 7.24. The average Bonchev–Trinajstić information content (AvgIpc) is 2.97. The Morgan fingerprint density at radius 3 is 2.46 bits per heavy atom. The molecule has 2 aromatic rings. The van der Waals surface area contributed by atoms with Gasteiger partial charge >= 0.3 is 6.18 Å². The van der Waals surface area contributed by atoms with Gasteiger partial charge in [-0.25, -0.2) is 4.98 Å². The zero-order chi connectivity index (χ0) is 17.8. The van der Waals surface area contributed by atoms with E-state index in [1.54, 1.807) is 24.3 Å². The van der Waals surface area contributed by atoms with Crippen LogP contribution in [0.1, 0.15) is 23.4 Å². The molecule has 5 nitrogen and oxygen atoms in total. The molecule has 0 saturated heterocycles. The summed E-state index contributed by atoms with van der Waals surface area (Å²) in [5.41, 5.74) is -1.66. The molecule has 2 rings (SSSR count). The maximum absolute atomic E-state index is 13.3. The number of aromatic nitrogens is 2. The van der Waals surface area contributed by atoms with Crippen molar-refractivity contribution in [2.45, 2.75) is 24.7 Å². The van der Waals surface area contributed by atoms with Crippen LogP contribution in [0.3, 0.4) is 0 Å². The number of nitrogens with zero attached hydrogens (tertiary/aromatic N) is 3. The Bertz CT molecular complexity index is 718. The third-order valence-corrected chi connectivity index (χ3v) is 3.74. The highest BCUT2D eigenvalue weighted by atomic mass is 19.4. The minimum Gasteiger partial charge on any atom is -0.374 e. The lowest BCUT2D eigenvalue weighted by Gasteiger charge is -2.30. The Morgan fingerprint density at radius 2 is 1.96 bits per heavy atom. The molecular formula is C16H17F3N4O. The van der Waals surface area contributed by atoms with Gasteiger partial charge in [0.2, 0.25) is 5.60 Å². The second-order valence-corrected chi connectivity index (χ2v) is 5.46. The number of halogens is 3. The minimum atomic E-state index is -4.83. The Kier molecular flexibility index (Phi) is 5.26. The van der Waals surface area contributed by atoms with E-state index in [0.29, 0.717) is 12.1 Å². The van der Waals surface area contributed by atoms with Gasteiger partial charge in [0.15, 0.2) is 0 Å². The van der Waals surface area contributed by atoms with Crippen LogP contribution < -0.4 is 5.32 Å². The summed E-state index contributed by atoms with van der Waals surface area (Å²) in [4.78, 5) is 3.64. The predicted molar refractivity (Wildman–Crippen MR) is 80.6 cm³/mol. The third-order valence-electron chi connectivity index (χ3n) is 3.74. The molecule has 1 heterocycles. The molecule has 1 unspecified atom stereocenters. The van der Waals surface area contributed by atoms with Crippen molar-refractivity contribution in [1.29, 1.82) is 5.26 Å². The van der Waals surface area contributed by atoms with Crippen LogP contribution in [0.15, 0.2) is 36.7 Å². The summed E-state index contributed by atoms with van der Waals surface area (Å²) >= 11 is 0. The number of hydrogen-bond donors (Lipinski definition) is 2. The quantitative estimate of drug-likeness (QED) is 0.792. The highest BCUT2D eigenvalue weighted by Crippen LogP contribution is 2.40. The molecule has 0 aliphatic heterocycles. The Balaban J connectivity index is 1.99. The summed E-state index contributed by atoms with van der Waals surface area (Å²) in [6.45, 7) is 0.281. The first-order chi connectivity index (χ1) is 11.3. The summed E-state index contributed by atoms with van der Waals surface area (Å²) in [7, 11) is 1.41. The first kappa shape index (κ1) is 18.0. The van der Waals surface area contributed by atoms with Crippen LogP contribution in [0.4, 0.5) is 13.2 Å². The molecule has 0 bridgehead atoms. The number of benzene rings is 1. The van der Waals surface area contributed by atoms with Crippen molar-refractivity contribution in [2.75, 3.05) is 6.54 Å². The second kappa shape index (κ2) is 7.03. The van der Waals surface area contributed by atoms with Crippen LogP contribution in [0.5, 0.6) is 0 Å². The van der Waals surface area contributed by atoms with Gasteiger partial charge in [0, 0.05) is 32.4 Å². The third kappa shape index (κ3) is 3.75. The number of nitrogens with one attached hydrogen (secondary N) is 1. The standard InChI is InChI=1S/C16H17F3N4O/c1-23-9-8-22-14(23)15(24,16(17,18)19)6-7-21-11-13-4-2-12(10-20)3-5-13/h2-5,8-9,21,24H,6-7,11H2,1H3. The van der Waals surface area contributed by atoms with Crippen molar-refractivity contribution in [1.82, 2.24) is 14.9 Å². The van der Waals surface area contributed by atoms with Gasteiger partial charge < -0.3 is 15.0 Å². The van der Waals surface area contributed by atoms with E-state index in [1.807, 2.05) is 6.07 Å². The molecule has 0 saturated carbocycles. The van der Waals surface area contributed by atoms with E-state index in [1.165, 1.54) is 19.4 Å². The van der Waals surface area contributed by atoms with Gasteiger partial charge in [0.05, 0.1) is 11.6 Å². The molecule has 1 aromatic heterocycles. The molecule has 0 aliphatic carbocycles. The van der Waals surface area contributed by atoms with E-state index in [-0.39, 0.29) is 6.54 Å². The Hall–Kier alpha value is -2.37. The number of aliphatic hydroxyl groups is 1. The van der Waals surface area contributed by atoms with Crippen molar-refractivity contribution >= 4 is 0 Å². The van der Waals surface area contributed by atoms with Crippen molar-refractivity contribution in [3.8, 4) is 6.07 Å². The van der Waals surface area contributed by atoms with Crippen molar-refractivity contribution in [2.24, 2.45) is 7.05 Å². The Labute approximate surface area is 137 Å². The summed E-state index contributed by atoms with van der Waals surface area (Å²) in [6, 6.07) is 8.71. The number of rotatable bonds is 6. The highest BCUT2D eigenvalue weighted by molar-refractivity contribution is 5.31. The van der Waals surface area contributed by atoms with Crippen LogP contribution in [-0.2, 0) is 19.2 Å². The maximum atomic E-state index is 13.3. The van der Waals surface area contributed by atoms with Crippen LogP contribution in [-0.4, -0.2) is 27.4 Å². The van der Waals surface area contributed by atoms with E-state index in [0.717, 1.165) is 10.1 Å². The fourth-order valence-corrected chi connectivity index (χ4v) is 2.34. The highest BCUT2D eigenvalue weighted by Gasteiger charge is 2.56. The van der Waals surface area contributed by atoms with Gasteiger partial charge in [-0.05, 0) is 24.2 Å². The summed E-state index contributed by atoms with van der Waals surface area (Å²) in [5.74, 6) is -0.435. The van der Waals surface area contributed by atoms with Crippen LogP contribution in [0.2, 0.25) is 0 Å². The van der Waals surface area contributed by atoms with Crippen LogP contribution in [0.25, 0.3) is 0 Å². The molecule has 1 aromatic carbocycles. The summed E-state index contributed by atoms with van der Waals surface area (Å²) in [6.07, 6.45) is -2.81. The van der Waals surface area contributed by atoms with Gasteiger partial charge in [-0.1, -0.05) is 12.1 Å². The van der Waals surface area contributed by atoms with Gasteiger partial charge in [-0.2, -0.15) is 18.4 Å². The molecule has 1 atom stereocenters. The molecule has 8 heteroatoms. The molecule has 0 fully saturated rings. The largest absolute Gasteiger partial charge is 0.424 e. The van der Waals surface area contributed by atoms with E-state index in [4.69, 9.17) is 5.26 Å². The van der Waals surface area contributed by atoms with Crippen LogP contribution in [0, 0.1) is 11.3 Å². The lowest BCUT2D eigenvalue weighted by atomic mass is 9.97. The normalized spacial score (nSPS) is 14.2. The van der Waals surface area contributed by atoms with Gasteiger partial charge in [-0.3, -0.25) is 0 Å². The van der Waals surface area contributed by atoms with Gasteiger partial charge in [0.25, 0.3) is 0 Å². The molecule has 0 amide bonds. The number of aryl methyl sites for hydroxylation is 1. The zero-order valence-corrected chi connectivity index (χ0v) is 13.0. The first-order valence-corrected chi connectivity index (χ1v) is 7.24. The smallest absolute Gasteiger partial charge is 0.374 e. The topological polar surface area (TPSA) is 73.9 Å². The van der Waals surface area contributed by atoms with E-state index >= 15 is 0 Å². The maximum Gasteiger partial charge on any atom is 0.424 e.